The van der Waals surface area contributed by atoms with Gasteiger partial charge in [-0.1, -0.05) is 35.5 Å². The molecule has 5 nitrogen and oxygen atoms in total. The average Bonchev–Trinajstić information content (AvgIpc) is 3.05. The van der Waals surface area contributed by atoms with Crippen LogP contribution in [0.2, 0.25) is 0 Å². The summed E-state index contributed by atoms with van der Waals surface area (Å²) in [6.45, 7) is 1.92. The largest absolute Gasteiger partial charge is 0.224 e. The second kappa shape index (κ2) is 4.63. The summed E-state index contributed by atoms with van der Waals surface area (Å²) in [6, 6.07) is 11.7. The van der Waals surface area contributed by atoms with Gasteiger partial charge in [-0.25, -0.2) is 4.98 Å². The van der Waals surface area contributed by atoms with Gasteiger partial charge in [0, 0.05) is 10.9 Å². The van der Waals surface area contributed by atoms with Crippen LogP contribution in [0.15, 0.2) is 35.7 Å². The Morgan fingerprint density at radius 2 is 2.05 bits per heavy atom. The van der Waals surface area contributed by atoms with Crippen molar-refractivity contribution in [2.45, 2.75) is 6.92 Å². The molecule has 0 N–H and O–H groups in total. The van der Waals surface area contributed by atoms with Crippen molar-refractivity contribution in [1.82, 2.24) is 20.0 Å². The van der Waals surface area contributed by atoms with Crippen LogP contribution in [0.3, 0.4) is 0 Å². The molecule has 0 aliphatic rings. The number of benzene rings is 1. The summed E-state index contributed by atoms with van der Waals surface area (Å²) in [6.07, 6.45) is 0. The van der Waals surface area contributed by atoms with Crippen molar-refractivity contribution in [1.29, 1.82) is 5.26 Å². The average molecular weight is 267 g/mol. The van der Waals surface area contributed by atoms with E-state index in [1.54, 1.807) is 4.68 Å². The van der Waals surface area contributed by atoms with Crippen LogP contribution < -0.4 is 0 Å². The van der Waals surface area contributed by atoms with E-state index >= 15 is 0 Å². The van der Waals surface area contributed by atoms with Gasteiger partial charge in [0.2, 0.25) is 5.13 Å². The smallest absolute Gasteiger partial charge is 0.212 e. The molecule has 0 aliphatic carbocycles. The minimum absolute atomic E-state index is 0.305. The van der Waals surface area contributed by atoms with Crippen LogP contribution in [-0.2, 0) is 0 Å². The van der Waals surface area contributed by atoms with Crippen LogP contribution in [0, 0.1) is 18.3 Å². The van der Waals surface area contributed by atoms with Crippen molar-refractivity contribution in [2.24, 2.45) is 0 Å². The monoisotopic (exact) mass is 267 g/mol. The molecule has 6 heteroatoms. The normalized spacial score (nSPS) is 10.3. The molecule has 2 aromatic heterocycles. The SMILES string of the molecule is Cc1csc(-n2nnc(C#N)c2-c2ccccc2)n1. The maximum atomic E-state index is 9.16. The van der Waals surface area contributed by atoms with E-state index in [4.69, 9.17) is 5.26 Å². The van der Waals surface area contributed by atoms with Gasteiger partial charge in [-0.15, -0.1) is 16.4 Å². The maximum absolute atomic E-state index is 9.16. The van der Waals surface area contributed by atoms with Gasteiger partial charge < -0.3 is 0 Å². The first-order chi connectivity index (χ1) is 9.29. The third kappa shape index (κ3) is 2.00. The van der Waals surface area contributed by atoms with Gasteiger partial charge in [-0.2, -0.15) is 9.94 Å². The fourth-order valence-corrected chi connectivity index (χ4v) is 2.54. The highest BCUT2D eigenvalue weighted by Crippen LogP contribution is 2.25. The van der Waals surface area contributed by atoms with E-state index in [1.807, 2.05) is 42.6 Å². The van der Waals surface area contributed by atoms with Crippen molar-refractivity contribution < 1.29 is 0 Å². The molecule has 0 unspecified atom stereocenters. The van der Waals surface area contributed by atoms with Crippen molar-refractivity contribution in [3.63, 3.8) is 0 Å². The number of nitriles is 1. The molecule has 1 aromatic carbocycles. The standard InChI is InChI=1S/C13H9N5S/c1-9-8-19-13(15-9)18-12(11(7-14)16-17-18)10-5-3-2-4-6-10/h2-6,8H,1H3. The molecule has 0 radical (unpaired) electrons. The number of hydrogen-bond acceptors (Lipinski definition) is 5. The van der Waals surface area contributed by atoms with E-state index in [0.717, 1.165) is 11.3 Å². The molecule has 3 rings (SSSR count). The van der Waals surface area contributed by atoms with Gasteiger partial charge in [0.1, 0.15) is 11.8 Å². The zero-order valence-electron chi connectivity index (χ0n) is 10.1. The van der Waals surface area contributed by atoms with Crippen molar-refractivity contribution >= 4 is 11.3 Å². The van der Waals surface area contributed by atoms with Gasteiger partial charge in [-0.05, 0) is 6.92 Å². The summed E-state index contributed by atoms with van der Waals surface area (Å²) in [4.78, 5) is 4.38. The molecular formula is C13H9N5S. The molecule has 19 heavy (non-hydrogen) atoms. The lowest BCUT2D eigenvalue weighted by molar-refractivity contribution is 0.798. The topological polar surface area (TPSA) is 67.4 Å². The lowest BCUT2D eigenvalue weighted by Gasteiger charge is -2.02. The molecule has 0 atom stereocenters. The van der Waals surface area contributed by atoms with E-state index in [-0.39, 0.29) is 0 Å². The summed E-state index contributed by atoms with van der Waals surface area (Å²) in [5.74, 6) is 0. The van der Waals surface area contributed by atoms with Crippen LogP contribution in [0.4, 0.5) is 0 Å². The Morgan fingerprint density at radius 3 is 2.68 bits per heavy atom. The second-order valence-corrected chi connectivity index (χ2v) is 4.78. The fourth-order valence-electron chi connectivity index (χ4n) is 1.78. The second-order valence-electron chi connectivity index (χ2n) is 3.95. The van der Waals surface area contributed by atoms with Crippen molar-refractivity contribution in [2.75, 3.05) is 0 Å². The van der Waals surface area contributed by atoms with Crippen molar-refractivity contribution in [3.05, 3.63) is 47.1 Å². The Balaban J connectivity index is 2.23. The predicted molar refractivity (Wildman–Crippen MR) is 71.9 cm³/mol. The minimum atomic E-state index is 0.305. The van der Waals surface area contributed by atoms with E-state index in [0.29, 0.717) is 16.5 Å². The van der Waals surface area contributed by atoms with Gasteiger partial charge in [-0.3, -0.25) is 0 Å². The molecule has 0 aliphatic heterocycles. The highest BCUT2D eigenvalue weighted by atomic mass is 32.1. The summed E-state index contributed by atoms with van der Waals surface area (Å²) < 4.78 is 1.62. The zero-order valence-corrected chi connectivity index (χ0v) is 10.9. The van der Waals surface area contributed by atoms with Gasteiger partial charge in [0.05, 0.1) is 5.69 Å². The van der Waals surface area contributed by atoms with Crippen molar-refractivity contribution in [3.8, 4) is 22.5 Å². The highest BCUT2D eigenvalue weighted by Gasteiger charge is 2.17. The maximum Gasteiger partial charge on any atom is 0.212 e. The van der Waals surface area contributed by atoms with E-state index < -0.39 is 0 Å². The van der Waals surface area contributed by atoms with Gasteiger partial charge >= 0.3 is 0 Å². The first-order valence-corrected chi connectivity index (χ1v) is 6.51. The molecule has 0 bridgehead atoms. The van der Waals surface area contributed by atoms with Crippen LogP contribution in [0.25, 0.3) is 16.4 Å². The van der Waals surface area contributed by atoms with Crippen LogP contribution in [0.1, 0.15) is 11.4 Å². The number of hydrogen-bond donors (Lipinski definition) is 0. The molecule has 2 heterocycles. The molecule has 92 valence electrons. The Kier molecular flexibility index (Phi) is 2.82. The Hall–Kier alpha value is -2.52. The first kappa shape index (κ1) is 11.6. The third-order valence-corrected chi connectivity index (χ3v) is 3.55. The van der Waals surface area contributed by atoms with E-state index in [9.17, 15) is 0 Å². The number of nitrogens with zero attached hydrogens (tertiary/aromatic N) is 5. The molecule has 0 amide bonds. The molecule has 3 aromatic rings. The molecule has 0 spiro atoms. The van der Waals surface area contributed by atoms with E-state index in [2.05, 4.69) is 21.4 Å². The number of thiazole rings is 1. The Labute approximate surface area is 113 Å². The quantitative estimate of drug-likeness (QED) is 0.715. The summed E-state index contributed by atoms with van der Waals surface area (Å²) in [5, 5.41) is 19.8. The lowest BCUT2D eigenvalue weighted by atomic mass is 10.1. The lowest BCUT2D eigenvalue weighted by Crippen LogP contribution is -1.99. The molecule has 0 saturated heterocycles. The summed E-state index contributed by atoms with van der Waals surface area (Å²) in [5.41, 5.74) is 2.81. The molecular weight excluding hydrogens is 258 g/mol. The third-order valence-electron chi connectivity index (χ3n) is 2.61. The summed E-state index contributed by atoms with van der Waals surface area (Å²) in [7, 11) is 0. The van der Waals surface area contributed by atoms with Gasteiger partial charge in [0.15, 0.2) is 5.69 Å². The fraction of sp³-hybridized carbons (Fsp3) is 0.0769. The van der Waals surface area contributed by atoms with Crippen LogP contribution in [0.5, 0.6) is 0 Å². The highest BCUT2D eigenvalue weighted by molar-refractivity contribution is 7.12. The van der Waals surface area contributed by atoms with E-state index in [1.165, 1.54) is 11.3 Å². The first-order valence-electron chi connectivity index (χ1n) is 5.63. The number of aryl methyl sites for hydroxylation is 1. The number of rotatable bonds is 2. The molecule has 0 fully saturated rings. The summed E-state index contributed by atoms with van der Waals surface area (Å²) >= 11 is 1.48. The van der Waals surface area contributed by atoms with Gasteiger partial charge in [0.25, 0.3) is 0 Å². The Bertz CT molecular complexity index is 751. The predicted octanol–water partition coefficient (Wildman–Crippen LogP) is 2.57. The Morgan fingerprint density at radius 1 is 1.26 bits per heavy atom. The van der Waals surface area contributed by atoms with Crippen LogP contribution in [-0.4, -0.2) is 20.0 Å². The molecule has 0 saturated carbocycles. The number of aromatic nitrogens is 4. The zero-order chi connectivity index (χ0) is 13.2. The minimum Gasteiger partial charge on any atom is -0.224 e. The van der Waals surface area contributed by atoms with Crippen LogP contribution >= 0.6 is 11.3 Å².